The van der Waals surface area contributed by atoms with Crippen molar-refractivity contribution in [3.63, 3.8) is 0 Å². The van der Waals surface area contributed by atoms with Crippen LogP contribution < -0.4 is 0 Å². The van der Waals surface area contributed by atoms with Crippen molar-refractivity contribution in [2.45, 2.75) is 11.9 Å². The van der Waals surface area contributed by atoms with Gasteiger partial charge in [0.2, 0.25) is 0 Å². The molecule has 8 heavy (non-hydrogen) atoms. The number of hydrogen-bond acceptors (Lipinski definition) is 3. The number of rotatable bonds is 1. The standard InChI is InChI=1S/C5H7OS2/c1-8-5-4(7)2-3-6-5/h5H,1-3H2. The Kier molecular flexibility index (Phi) is 2.28. The van der Waals surface area contributed by atoms with Gasteiger partial charge in [0.05, 0.1) is 6.61 Å². The van der Waals surface area contributed by atoms with E-state index in [2.05, 4.69) is 6.26 Å². The lowest BCUT2D eigenvalue weighted by molar-refractivity contribution is 0.188. The molecule has 45 valence electrons. The molecule has 0 aromatic carbocycles. The maximum absolute atomic E-state index is 5.17. The molecule has 1 nitrogen and oxygen atoms in total. The predicted octanol–water partition coefficient (Wildman–Crippen LogP) is 1.63. The Morgan fingerprint density at radius 2 is 2.62 bits per heavy atom. The largest absolute Gasteiger partial charge is 0.362 e. The average molecular weight is 147 g/mol. The highest BCUT2D eigenvalue weighted by Gasteiger charge is 2.19. The molecule has 3 heteroatoms. The van der Waals surface area contributed by atoms with Crippen LogP contribution in [-0.4, -0.2) is 16.9 Å². The zero-order valence-corrected chi connectivity index (χ0v) is 6.06. The summed E-state index contributed by atoms with van der Waals surface area (Å²) in [5.74, 6) is 0. The lowest BCUT2D eigenvalue weighted by Crippen LogP contribution is -2.05. The number of hydrogen-bond donors (Lipinski definition) is 0. The van der Waals surface area contributed by atoms with Gasteiger partial charge in [0.25, 0.3) is 0 Å². The normalized spacial score (nSPS) is 29.1. The molecule has 1 rings (SSSR count). The van der Waals surface area contributed by atoms with Crippen LogP contribution in [0, 0.1) is 6.26 Å². The van der Waals surface area contributed by atoms with E-state index in [1.54, 1.807) is 0 Å². The first-order valence-corrected chi connectivity index (χ1v) is 3.85. The van der Waals surface area contributed by atoms with Crippen LogP contribution in [0.3, 0.4) is 0 Å². The summed E-state index contributed by atoms with van der Waals surface area (Å²) in [7, 11) is 0. The molecule has 1 saturated heterocycles. The smallest absolute Gasteiger partial charge is 0.134 e. The molecule has 1 unspecified atom stereocenters. The van der Waals surface area contributed by atoms with Crippen LogP contribution in [0.15, 0.2) is 0 Å². The summed E-state index contributed by atoms with van der Waals surface area (Å²) < 4.78 is 5.17. The summed E-state index contributed by atoms with van der Waals surface area (Å²) in [5, 5.41) is 0. The summed E-state index contributed by atoms with van der Waals surface area (Å²) in [6.07, 6.45) is 4.56. The van der Waals surface area contributed by atoms with Crippen LogP contribution >= 0.6 is 24.0 Å². The molecular formula is C5H7OS2. The Hall–Kier alpha value is 0.400. The second-order valence-electron chi connectivity index (χ2n) is 1.59. The third-order valence-electron chi connectivity index (χ3n) is 1.03. The van der Waals surface area contributed by atoms with Crippen molar-refractivity contribution < 1.29 is 4.74 Å². The number of ether oxygens (including phenoxy) is 1. The van der Waals surface area contributed by atoms with Crippen molar-refractivity contribution in [3.05, 3.63) is 6.26 Å². The fraction of sp³-hybridized carbons (Fsp3) is 0.600. The highest BCUT2D eigenvalue weighted by atomic mass is 32.2. The molecule has 0 bridgehead atoms. The lowest BCUT2D eigenvalue weighted by Gasteiger charge is -2.02. The molecule has 0 aromatic rings. The first-order chi connectivity index (χ1) is 3.84. The van der Waals surface area contributed by atoms with E-state index in [0.717, 1.165) is 17.9 Å². The summed E-state index contributed by atoms with van der Waals surface area (Å²) in [4.78, 5) is 1.00. The van der Waals surface area contributed by atoms with Crippen molar-refractivity contribution in [1.29, 1.82) is 0 Å². The zero-order valence-electron chi connectivity index (χ0n) is 4.42. The highest BCUT2D eigenvalue weighted by Crippen LogP contribution is 2.19. The maximum atomic E-state index is 5.17. The maximum Gasteiger partial charge on any atom is 0.134 e. The van der Waals surface area contributed by atoms with Gasteiger partial charge in [0, 0.05) is 17.5 Å². The fourth-order valence-corrected chi connectivity index (χ4v) is 1.47. The number of thiocarbonyl (C=S) groups is 1. The molecule has 0 amide bonds. The van der Waals surface area contributed by atoms with E-state index in [0.29, 0.717) is 0 Å². The van der Waals surface area contributed by atoms with Gasteiger partial charge in [-0.3, -0.25) is 0 Å². The van der Waals surface area contributed by atoms with Crippen LogP contribution in [0.5, 0.6) is 0 Å². The van der Waals surface area contributed by atoms with Crippen LogP contribution in [0.2, 0.25) is 0 Å². The fourth-order valence-electron chi connectivity index (χ4n) is 0.618. The summed E-state index contributed by atoms with van der Waals surface area (Å²) in [6, 6.07) is 0. The van der Waals surface area contributed by atoms with Crippen LogP contribution in [0.1, 0.15) is 6.42 Å². The molecule has 0 saturated carbocycles. The molecule has 0 spiro atoms. The molecule has 1 aliphatic rings. The van der Waals surface area contributed by atoms with Crippen molar-refractivity contribution in [2.24, 2.45) is 0 Å². The van der Waals surface area contributed by atoms with Crippen molar-refractivity contribution >= 4 is 28.8 Å². The van der Waals surface area contributed by atoms with E-state index < -0.39 is 0 Å². The molecule has 1 aliphatic heterocycles. The van der Waals surface area contributed by atoms with E-state index in [1.807, 2.05) is 0 Å². The second-order valence-corrected chi connectivity index (χ2v) is 2.87. The Balaban J connectivity index is 2.42. The Morgan fingerprint density at radius 1 is 1.88 bits per heavy atom. The van der Waals surface area contributed by atoms with Gasteiger partial charge in [-0.2, -0.15) is 0 Å². The van der Waals surface area contributed by atoms with Gasteiger partial charge in [0.1, 0.15) is 5.44 Å². The van der Waals surface area contributed by atoms with Gasteiger partial charge in [-0.1, -0.05) is 12.2 Å². The average Bonchev–Trinajstić information content (AvgIpc) is 2.14. The molecular weight excluding hydrogens is 140 g/mol. The Labute approximate surface area is 58.8 Å². The van der Waals surface area contributed by atoms with Crippen molar-refractivity contribution in [2.75, 3.05) is 6.61 Å². The Bertz CT molecular complexity index is 103. The first-order valence-electron chi connectivity index (χ1n) is 2.40. The highest BCUT2D eigenvalue weighted by molar-refractivity contribution is 8.02. The van der Waals surface area contributed by atoms with E-state index in [-0.39, 0.29) is 5.44 Å². The molecule has 0 N–H and O–H groups in total. The predicted molar refractivity (Wildman–Crippen MR) is 39.9 cm³/mol. The minimum absolute atomic E-state index is 0.102. The molecule has 0 aliphatic carbocycles. The van der Waals surface area contributed by atoms with Crippen LogP contribution in [0.4, 0.5) is 0 Å². The van der Waals surface area contributed by atoms with Gasteiger partial charge >= 0.3 is 0 Å². The third kappa shape index (κ3) is 1.21. The van der Waals surface area contributed by atoms with Gasteiger partial charge in [-0.15, -0.1) is 11.8 Å². The topological polar surface area (TPSA) is 9.23 Å². The molecule has 1 radical (unpaired) electrons. The van der Waals surface area contributed by atoms with Crippen molar-refractivity contribution in [1.82, 2.24) is 0 Å². The number of thioether (sulfide) groups is 1. The van der Waals surface area contributed by atoms with Gasteiger partial charge in [-0.25, -0.2) is 0 Å². The summed E-state index contributed by atoms with van der Waals surface area (Å²) in [5.41, 5.74) is 0.102. The second kappa shape index (κ2) is 2.80. The SMILES string of the molecule is [CH2]SC1OCCC1=S. The zero-order chi connectivity index (χ0) is 5.98. The molecule has 1 fully saturated rings. The van der Waals surface area contributed by atoms with Crippen LogP contribution in [-0.2, 0) is 4.74 Å². The van der Waals surface area contributed by atoms with E-state index in [1.165, 1.54) is 11.8 Å². The summed E-state index contributed by atoms with van der Waals surface area (Å²) >= 11 is 6.38. The molecule has 0 aromatic heterocycles. The van der Waals surface area contributed by atoms with Crippen LogP contribution in [0.25, 0.3) is 0 Å². The first kappa shape index (κ1) is 6.52. The van der Waals surface area contributed by atoms with Gasteiger partial charge < -0.3 is 4.74 Å². The minimum atomic E-state index is 0.102. The summed E-state index contributed by atoms with van der Waals surface area (Å²) in [6.45, 7) is 0.784. The van der Waals surface area contributed by atoms with E-state index >= 15 is 0 Å². The lowest BCUT2D eigenvalue weighted by atomic mass is 10.4. The Morgan fingerprint density at radius 3 is 2.88 bits per heavy atom. The third-order valence-corrected chi connectivity index (χ3v) is 2.32. The quantitative estimate of drug-likeness (QED) is 0.522. The van der Waals surface area contributed by atoms with Crippen molar-refractivity contribution in [3.8, 4) is 0 Å². The minimum Gasteiger partial charge on any atom is -0.362 e. The monoisotopic (exact) mass is 147 g/mol. The van der Waals surface area contributed by atoms with Gasteiger partial charge in [-0.05, 0) is 0 Å². The van der Waals surface area contributed by atoms with Gasteiger partial charge in [0.15, 0.2) is 0 Å². The molecule has 1 heterocycles. The van der Waals surface area contributed by atoms with E-state index in [9.17, 15) is 0 Å². The molecule has 1 atom stereocenters. The van der Waals surface area contributed by atoms with E-state index in [4.69, 9.17) is 17.0 Å².